The lowest BCUT2D eigenvalue weighted by molar-refractivity contribution is 0.251. The molecule has 0 aliphatic carbocycles. The van der Waals surface area contributed by atoms with Gasteiger partial charge in [-0.15, -0.1) is 0 Å². The van der Waals surface area contributed by atoms with Gasteiger partial charge in [-0.2, -0.15) is 0 Å². The van der Waals surface area contributed by atoms with E-state index in [0.717, 1.165) is 6.04 Å². The molecule has 0 radical (unpaired) electrons. The molecule has 0 saturated heterocycles. The highest BCUT2D eigenvalue weighted by Gasteiger charge is 2.10. The van der Waals surface area contributed by atoms with E-state index in [1.165, 1.54) is 103 Å². The third-order valence-corrected chi connectivity index (χ3v) is 5.01. The van der Waals surface area contributed by atoms with Gasteiger partial charge >= 0.3 is 7.82 Å². The second kappa shape index (κ2) is 20.8. The highest BCUT2D eigenvalue weighted by atomic mass is 31.2. The summed E-state index contributed by atoms with van der Waals surface area (Å²) in [7, 11) is -0.110. The number of rotatable bonds is 17. The second-order valence-corrected chi connectivity index (χ2v) is 8.98. The summed E-state index contributed by atoms with van der Waals surface area (Å²) in [6.45, 7) is 4.60. The van der Waals surface area contributed by atoms with Crippen molar-refractivity contribution >= 4 is 7.82 Å². The number of unbranched alkanes of at least 4 members (excludes halogenated alkanes) is 12. The number of phosphoric acid groups is 1. The van der Waals surface area contributed by atoms with Crippen LogP contribution in [-0.4, -0.2) is 39.7 Å². The second-order valence-electron chi connectivity index (χ2n) is 7.95. The molecule has 0 heterocycles. The molecule has 0 aromatic heterocycles. The van der Waals surface area contributed by atoms with Crippen molar-refractivity contribution in [3.05, 3.63) is 0 Å². The fraction of sp³-hybridized carbons (Fsp3) is 1.00. The van der Waals surface area contributed by atoms with Gasteiger partial charge in [0.25, 0.3) is 0 Å². The average molecular weight is 410 g/mol. The average Bonchev–Trinajstić information content (AvgIpc) is 2.56. The van der Waals surface area contributed by atoms with Gasteiger partial charge in [0, 0.05) is 6.04 Å². The van der Waals surface area contributed by atoms with Gasteiger partial charge in [0.2, 0.25) is 0 Å². The van der Waals surface area contributed by atoms with Crippen molar-refractivity contribution in [3.8, 4) is 0 Å². The summed E-state index contributed by atoms with van der Waals surface area (Å²) in [5, 5.41) is 0. The number of hydrogen-bond acceptors (Lipinski definition) is 2. The molecular formula is C21H48NO4P. The Kier molecular flexibility index (Phi) is 22.5. The first-order chi connectivity index (χ1) is 12.7. The van der Waals surface area contributed by atoms with E-state index >= 15 is 0 Å². The summed E-state index contributed by atoms with van der Waals surface area (Å²) in [6, 6.07) is 0.825. The molecule has 6 heteroatoms. The lowest BCUT2D eigenvalue weighted by Gasteiger charge is -2.24. The quantitative estimate of drug-likeness (QED) is 0.195. The topological polar surface area (TPSA) is 81.0 Å². The number of hydrogen-bond donors (Lipinski definition) is 3. The van der Waals surface area contributed by atoms with E-state index in [-0.39, 0.29) is 0 Å². The Morgan fingerprint density at radius 2 is 0.889 bits per heavy atom. The van der Waals surface area contributed by atoms with Crippen LogP contribution in [0.3, 0.4) is 0 Å². The highest BCUT2D eigenvalue weighted by Crippen LogP contribution is 2.25. The van der Waals surface area contributed by atoms with Gasteiger partial charge in [0.15, 0.2) is 0 Å². The SMILES string of the molecule is CCCCCCCCCCCCC(CCCCCC)N(C)C.O=P(O)(O)O. The van der Waals surface area contributed by atoms with Gasteiger partial charge in [0.1, 0.15) is 0 Å². The van der Waals surface area contributed by atoms with Crippen LogP contribution in [0.5, 0.6) is 0 Å². The molecule has 1 unspecified atom stereocenters. The molecule has 0 aliphatic rings. The fourth-order valence-electron chi connectivity index (χ4n) is 3.33. The molecule has 0 rings (SSSR count). The molecule has 0 aliphatic heterocycles. The maximum absolute atomic E-state index is 8.88. The third-order valence-electron chi connectivity index (χ3n) is 5.01. The van der Waals surface area contributed by atoms with E-state index < -0.39 is 7.82 Å². The molecule has 166 valence electrons. The van der Waals surface area contributed by atoms with Crippen LogP contribution in [0.2, 0.25) is 0 Å². The van der Waals surface area contributed by atoms with Crippen LogP contribution in [-0.2, 0) is 4.57 Å². The molecule has 0 aromatic carbocycles. The van der Waals surface area contributed by atoms with E-state index in [4.69, 9.17) is 19.2 Å². The molecular weight excluding hydrogens is 361 g/mol. The lowest BCUT2D eigenvalue weighted by Crippen LogP contribution is -2.27. The van der Waals surface area contributed by atoms with Crippen LogP contribution in [0.15, 0.2) is 0 Å². The molecule has 3 N–H and O–H groups in total. The first-order valence-electron chi connectivity index (χ1n) is 11.2. The lowest BCUT2D eigenvalue weighted by atomic mass is 9.99. The van der Waals surface area contributed by atoms with Crippen molar-refractivity contribution in [2.24, 2.45) is 0 Å². The monoisotopic (exact) mass is 409 g/mol. The predicted octanol–water partition coefficient (Wildman–Crippen LogP) is 6.27. The van der Waals surface area contributed by atoms with Crippen molar-refractivity contribution in [3.63, 3.8) is 0 Å². The minimum atomic E-state index is -4.64. The molecule has 5 nitrogen and oxygen atoms in total. The highest BCUT2D eigenvalue weighted by molar-refractivity contribution is 7.45. The maximum atomic E-state index is 8.88. The van der Waals surface area contributed by atoms with Gasteiger partial charge in [-0.05, 0) is 26.9 Å². The van der Waals surface area contributed by atoms with Crippen molar-refractivity contribution < 1.29 is 19.2 Å². The zero-order valence-electron chi connectivity index (χ0n) is 18.5. The van der Waals surface area contributed by atoms with Crippen molar-refractivity contribution in [2.75, 3.05) is 14.1 Å². The Hall–Kier alpha value is 0.0700. The molecule has 27 heavy (non-hydrogen) atoms. The predicted molar refractivity (Wildman–Crippen MR) is 117 cm³/mol. The van der Waals surface area contributed by atoms with E-state index in [1.807, 2.05) is 0 Å². The summed E-state index contributed by atoms with van der Waals surface area (Å²) >= 11 is 0. The summed E-state index contributed by atoms with van der Waals surface area (Å²) in [5.74, 6) is 0. The first kappa shape index (κ1) is 29.3. The van der Waals surface area contributed by atoms with E-state index in [9.17, 15) is 0 Å². The van der Waals surface area contributed by atoms with Gasteiger partial charge in [0.05, 0.1) is 0 Å². The Bertz CT molecular complexity index is 326. The molecule has 0 aromatic rings. The fourth-order valence-corrected chi connectivity index (χ4v) is 3.33. The smallest absolute Gasteiger partial charge is 0.306 e. The zero-order chi connectivity index (χ0) is 21.0. The molecule has 0 amide bonds. The van der Waals surface area contributed by atoms with E-state index in [2.05, 4.69) is 32.8 Å². The Morgan fingerprint density at radius 3 is 1.19 bits per heavy atom. The van der Waals surface area contributed by atoms with Crippen molar-refractivity contribution in [1.29, 1.82) is 0 Å². The van der Waals surface area contributed by atoms with Crippen molar-refractivity contribution in [1.82, 2.24) is 4.90 Å². The van der Waals surface area contributed by atoms with E-state index in [1.54, 1.807) is 0 Å². The van der Waals surface area contributed by atoms with Crippen LogP contribution in [0.1, 0.15) is 117 Å². The molecule has 0 fully saturated rings. The molecule has 1 atom stereocenters. The molecule has 0 bridgehead atoms. The zero-order valence-corrected chi connectivity index (χ0v) is 19.4. The summed E-state index contributed by atoms with van der Waals surface area (Å²) in [6.07, 6.45) is 22.9. The Balaban J connectivity index is 0. The first-order valence-corrected chi connectivity index (χ1v) is 12.7. The minimum Gasteiger partial charge on any atom is -0.306 e. The maximum Gasteiger partial charge on any atom is 0.466 e. The standard InChI is InChI=1S/C21H45N.H3O4P/c1-5-7-9-11-12-13-14-15-16-18-20-21(22(3)4)19-17-10-8-6-2;1-5(2,3)4/h21H,5-20H2,1-4H3;(H3,1,2,3,4). The van der Waals surface area contributed by atoms with Crippen LogP contribution >= 0.6 is 7.82 Å². The molecule has 0 spiro atoms. The van der Waals surface area contributed by atoms with Gasteiger partial charge in [-0.1, -0.05) is 104 Å². The van der Waals surface area contributed by atoms with E-state index in [0.29, 0.717) is 0 Å². The molecule has 0 saturated carbocycles. The summed E-state index contributed by atoms with van der Waals surface area (Å²) in [5.41, 5.74) is 0. The van der Waals surface area contributed by atoms with Crippen LogP contribution in [0.25, 0.3) is 0 Å². The normalized spacial score (nSPS) is 12.7. The Labute approximate surface area is 169 Å². The van der Waals surface area contributed by atoms with Crippen molar-refractivity contribution in [2.45, 2.75) is 123 Å². The van der Waals surface area contributed by atoms with Crippen LogP contribution in [0.4, 0.5) is 0 Å². The number of nitrogens with zero attached hydrogens (tertiary/aromatic N) is 1. The van der Waals surface area contributed by atoms with Crippen LogP contribution in [0, 0.1) is 0 Å². The Morgan fingerprint density at radius 1 is 0.630 bits per heavy atom. The summed E-state index contributed by atoms with van der Waals surface area (Å²) < 4.78 is 8.88. The third kappa shape index (κ3) is 31.0. The van der Waals surface area contributed by atoms with Gasteiger partial charge < -0.3 is 19.6 Å². The van der Waals surface area contributed by atoms with Gasteiger partial charge in [-0.25, -0.2) is 4.57 Å². The minimum absolute atomic E-state index is 0.825. The van der Waals surface area contributed by atoms with Crippen LogP contribution < -0.4 is 0 Å². The largest absolute Gasteiger partial charge is 0.466 e. The summed E-state index contributed by atoms with van der Waals surface area (Å²) in [4.78, 5) is 24.0. The van der Waals surface area contributed by atoms with Gasteiger partial charge in [-0.3, -0.25) is 0 Å².